The standard InChI is InChI=1S/C23H23FN4O/c1-23(2)7-8-28(13-23)22(29)18-10-19(27-20-9-16(24)5-6-17(18)20)15-11-25-21(26-12-15)14-3-4-14/h5-6,9-12,14H,3-4,7-8,13H2,1-2H3. The minimum Gasteiger partial charge on any atom is -0.338 e. The molecule has 3 aromatic rings. The number of hydrogen-bond donors (Lipinski definition) is 0. The Labute approximate surface area is 169 Å². The van der Waals surface area contributed by atoms with Crippen molar-refractivity contribution in [3.63, 3.8) is 0 Å². The summed E-state index contributed by atoms with van der Waals surface area (Å²) in [5.74, 6) is 0.920. The van der Waals surface area contributed by atoms with E-state index in [1.807, 2.05) is 4.90 Å². The van der Waals surface area contributed by atoms with Gasteiger partial charge in [-0.2, -0.15) is 0 Å². The molecule has 148 valence electrons. The third-order valence-electron chi connectivity index (χ3n) is 5.88. The van der Waals surface area contributed by atoms with Gasteiger partial charge in [0.15, 0.2) is 0 Å². The van der Waals surface area contributed by atoms with Crippen molar-refractivity contribution < 1.29 is 9.18 Å². The number of likely N-dealkylation sites (tertiary alicyclic amines) is 1. The highest BCUT2D eigenvalue weighted by Gasteiger charge is 2.33. The zero-order valence-corrected chi connectivity index (χ0v) is 16.7. The van der Waals surface area contributed by atoms with E-state index in [1.54, 1.807) is 24.5 Å². The fourth-order valence-corrected chi connectivity index (χ4v) is 4.01. The lowest BCUT2D eigenvalue weighted by Crippen LogP contribution is -2.30. The maximum atomic E-state index is 13.9. The van der Waals surface area contributed by atoms with E-state index in [2.05, 4.69) is 28.8 Å². The zero-order chi connectivity index (χ0) is 20.2. The fraction of sp³-hybridized carbons (Fsp3) is 0.391. The van der Waals surface area contributed by atoms with Crippen LogP contribution in [-0.4, -0.2) is 38.8 Å². The lowest BCUT2D eigenvalue weighted by atomic mass is 9.93. The van der Waals surface area contributed by atoms with Gasteiger partial charge in [-0.3, -0.25) is 4.79 Å². The SMILES string of the molecule is CC1(C)CCN(C(=O)c2cc(-c3cnc(C4CC4)nc3)nc3cc(F)ccc23)C1. The van der Waals surface area contributed by atoms with Gasteiger partial charge in [0.2, 0.25) is 0 Å². The average molecular weight is 390 g/mol. The van der Waals surface area contributed by atoms with Gasteiger partial charge in [0.25, 0.3) is 5.91 Å². The van der Waals surface area contributed by atoms with E-state index in [1.165, 1.54) is 12.1 Å². The van der Waals surface area contributed by atoms with E-state index in [4.69, 9.17) is 0 Å². The Kier molecular flexibility index (Phi) is 4.12. The van der Waals surface area contributed by atoms with E-state index >= 15 is 0 Å². The largest absolute Gasteiger partial charge is 0.338 e. The topological polar surface area (TPSA) is 59.0 Å². The Balaban J connectivity index is 1.59. The van der Waals surface area contributed by atoms with Gasteiger partial charge in [-0.1, -0.05) is 13.8 Å². The highest BCUT2D eigenvalue weighted by atomic mass is 19.1. The first-order valence-corrected chi connectivity index (χ1v) is 10.1. The predicted molar refractivity (Wildman–Crippen MR) is 109 cm³/mol. The molecular weight excluding hydrogens is 367 g/mol. The first kappa shape index (κ1) is 18.2. The van der Waals surface area contributed by atoms with E-state index < -0.39 is 0 Å². The molecule has 5 rings (SSSR count). The summed E-state index contributed by atoms with van der Waals surface area (Å²) in [6.45, 7) is 5.78. The van der Waals surface area contributed by atoms with E-state index in [9.17, 15) is 9.18 Å². The van der Waals surface area contributed by atoms with Crippen molar-refractivity contribution in [2.75, 3.05) is 13.1 Å². The third kappa shape index (κ3) is 3.48. The Hall–Kier alpha value is -2.89. The molecule has 6 heteroatoms. The molecule has 0 N–H and O–H groups in total. The smallest absolute Gasteiger partial charge is 0.254 e. The minimum atomic E-state index is -0.372. The van der Waals surface area contributed by atoms with E-state index in [0.717, 1.165) is 37.2 Å². The van der Waals surface area contributed by atoms with Gasteiger partial charge < -0.3 is 4.90 Å². The molecule has 0 bridgehead atoms. The summed E-state index contributed by atoms with van der Waals surface area (Å²) in [4.78, 5) is 28.8. The monoisotopic (exact) mass is 390 g/mol. The number of amides is 1. The molecule has 1 saturated heterocycles. The van der Waals surface area contributed by atoms with Crippen molar-refractivity contribution >= 4 is 16.8 Å². The van der Waals surface area contributed by atoms with Gasteiger partial charge in [-0.05, 0) is 42.9 Å². The summed E-state index contributed by atoms with van der Waals surface area (Å²) < 4.78 is 13.9. The Morgan fingerprint density at radius 3 is 2.59 bits per heavy atom. The molecule has 0 spiro atoms. The number of benzene rings is 1. The summed E-state index contributed by atoms with van der Waals surface area (Å²) in [7, 11) is 0. The number of fused-ring (bicyclic) bond motifs is 1. The Morgan fingerprint density at radius 2 is 1.93 bits per heavy atom. The van der Waals surface area contributed by atoms with Crippen molar-refractivity contribution in [1.82, 2.24) is 19.9 Å². The van der Waals surface area contributed by atoms with Crippen LogP contribution in [0.3, 0.4) is 0 Å². The number of rotatable bonds is 3. The molecule has 3 heterocycles. The van der Waals surface area contributed by atoms with Crippen LogP contribution in [0.15, 0.2) is 36.7 Å². The number of nitrogens with zero attached hydrogens (tertiary/aromatic N) is 4. The first-order valence-electron chi connectivity index (χ1n) is 10.1. The van der Waals surface area contributed by atoms with Crippen LogP contribution < -0.4 is 0 Å². The number of aromatic nitrogens is 3. The summed E-state index contributed by atoms with van der Waals surface area (Å²) in [6.07, 6.45) is 6.75. The Morgan fingerprint density at radius 1 is 1.17 bits per heavy atom. The van der Waals surface area contributed by atoms with Crippen LogP contribution >= 0.6 is 0 Å². The second-order valence-corrected chi connectivity index (χ2v) is 8.96. The summed E-state index contributed by atoms with van der Waals surface area (Å²) >= 11 is 0. The zero-order valence-electron chi connectivity index (χ0n) is 16.7. The minimum absolute atomic E-state index is 0.0358. The number of pyridine rings is 1. The number of halogens is 1. The summed E-state index contributed by atoms with van der Waals surface area (Å²) in [5, 5.41) is 0.667. The maximum Gasteiger partial charge on any atom is 0.254 e. The van der Waals surface area contributed by atoms with E-state index in [0.29, 0.717) is 34.6 Å². The van der Waals surface area contributed by atoms with Crippen LogP contribution in [0.25, 0.3) is 22.2 Å². The second-order valence-electron chi connectivity index (χ2n) is 8.96. The molecule has 2 aliphatic rings. The third-order valence-corrected chi connectivity index (χ3v) is 5.88. The fourth-order valence-electron chi connectivity index (χ4n) is 4.01. The van der Waals surface area contributed by atoms with Crippen molar-refractivity contribution in [3.8, 4) is 11.3 Å². The van der Waals surface area contributed by atoms with Crippen molar-refractivity contribution in [2.45, 2.75) is 39.0 Å². The average Bonchev–Trinajstić information content (AvgIpc) is 3.49. The van der Waals surface area contributed by atoms with Crippen LogP contribution in [-0.2, 0) is 0 Å². The van der Waals surface area contributed by atoms with Gasteiger partial charge in [0, 0.05) is 48.4 Å². The highest BCUT2D eigenvalue weighted by Crippen LogP contribution is 2.38. The van der Waals surface area contributed by atoms with Gasteiger partial charge in [-0.15, -0.1) is 0 Å². The van der Waals surface area contributed by atoms with Crippen LogP contribution in [0, 0.1) is 11.2 Å². The highest BCUT2D eigenvalue weighted by molar-refractivity contribution is 6.07. The van der Waals surface area contributed by atoms with Crippen LogP contribution in [0.5, 0.6) is 0 Å². The van der Waals surface area contributed by atoms with Gasteiger partial charge >= 0.3 is 0 Å². The lowest BCUT2D eigenvalue weighted by molar-refractivity contribution is 0.0780. The van der Waals surface area contributed by atoms with Crippen molar-refractivity contribution in [2.24, 2.45) is 5.41 Å². The predicted octanol–water partition coefficient (Wildman–Crippen LogP) is 4.58. The number of carbonyl (C=O) groups is 1. The molecule has 0 radical (unpaired) electrons. The lowest BCUT2D eigenvalue weighted by Gasteiger charge is -2.21. The second kappa shape index (κ2) is 6.58. The first-order chi connectivity index (χ1) is 13.9. The maximum absolute atomic E-state index is 13.9. The molecule has 29 heavy (non-hydrogen) atoms. The molecule has 1 saturated carbocycles. The van der Waals surface area contributed by atoms with Crippen LogP contribution in [0.1, 0.15) is 55.2 Å². The number of carbonyl (C=O) groups excluding carboxylic acids is 1. The van der Waals surface area contributed by atoms with Crippen LogP contribution in [0.4, 0.5) is 4.39 Å². The van der Waals surface area contributed by atoms with Gasteiger partial charge in [0.1, 0.15) is 11.6 Å². The molecule has 5 nitrogen and oxygen atoms in total. The van der Waals surface area contributed by atoms with Gasteiger partial charge in [-0.25, -0.2) is 19.3 Å². The molecule has 0 unspecified atom stereocenters. The van der Waals surface area contributed by atoms with Gasteiger partial charge in [0.05, 0.1) is 16.8 Å². The molecule has 1 aromatic carbocycles. The number of hydrogen-bond acceptors (Lipinski definition) is 4. The quantitative estimate of drug-likeness (QED) is 0.657. The van der Waals surface area contributed by atoms with Crippen molar-refractivity contribution in [3.05, 3.63) is 53.9 Å². The van der Waals surface area contributed by atoms with Crippen LogP contribution in [0.2, 0.25) is 0 Å². The Bertz CT molecular complexity index is 1110. The molecule has 1 aliphatic carbocycles. The van der Waals surface area contributed by atoms with E-state index in [-0.39, 0.29) is 17.1 Å². The summed E-state index contributed by atoms with van der Waals surface area (Å²) in [5.41, 5.74) is 2.45. The van der Waals surface area contributed by atoms with Crippen molar-refractivity contribution in [1.29, 1.82) is 0 Å². The molecule has 2 fully saturated rings. The molecular formula is C23H23FN4O. The molecule has 0 atom stereocenters. The molecule has 1 aliphatic heterocycles. The molecule has 2 aromatic heterocycles. The summed E-state index contributed by atoms with van der Waals surface area (Å²) in [6, 6.07) is 6.19. The molecule has 1 amide bonds. The normalized spacial score (nSPS) is 18.4.